The van der Waals surface area contributed by atoms with Crippen molar-refractivity contribution in [2.24, 2.45) is 5.73 Å². The number of aryl methyl sites for hydroxylation is 2. The van der Waals surface area contributed by atoms with Gasteiger partial charge in [0.05, 0.1) is 16.8 Å². The quantitative estimate of drug-likeness (QED) is 0.752. The zero-order chi connectivity index (χ0) is 9.84. The molecule has 1 rings (SSSR count). The van der Waals surface area contributed by atoms with Crippen LogP contribution in [0.1, 0.15) is 12.1 Å². The highest BCUT2D eigenvalue weighted by molar-refractivity contribution is 6.31. The van der Waals surface area contributed by atoms with Crippen LogP contribution in [0.4, 0.5) is 0 Å². The van der Waals surface area contributed by atoms with Crippen LogP contribution in [0, 0.1) is 6.92 Å². The van der Waals surface area contributed by atoms with Crippen LogP contribution in [0.15, 0.2) is 6.20 Å². The monoisotopic (exact) mass is 203 g/mol. The Kier molecular flexibility index (Phi) is 3.71. The first-order chi connectivity index (χ1) is 6.13. The standard InChI is InChI=1S/C8H14ClN3O/c1-6-8(9)5-12(11-6)3-2-7(13)4-10/h5,7,13H,2-4,10H2,1H3. The SMILES string of the molecule is Cc1nn(CCC(O)CN)cc1Cl. The molecule has 1 unspecified atom stereocenters. The Balaban J connectivity index is 2.45. The predicted octanol–water partition coefficient (Wildman–Crippen LogP) is 0.555. The lowest BCUT2D eigenvalue weighted by atomic mass is 10.2. The van der Waals surface area contributed by atoms with Gasteiger partial charge in [-0.1, -0.05) is 11.6 Å². The highest BCUT2D eigenvalue weighted by atomic mass is 35.5. The summed E-state index contributed by atoms with van der Waals surface area (Å²) in [6.07, 6.45) is 1.90. The molecular formula is C8H14ClN3O. The molecule has 3 N–H and O–H groups in total. The zero-order valence-corrected chi connectivity index (χ0v) is 8.33. The van der Waals surface area contributed by atoms with E-state index >= 15 is 0 Å². The molecule has 0 fully saturated rings. The smallest absolute Gasteiger partial charge is 0.0814 e. The second-order valence-corrected chi connectivity index (χ2v) is 3.41. The third kappa shape index (κ3) is 2.99. The van der Waals surface area contributed by atoms with Crippen LogP contribution < -0.4 is 5.73 Å². The first kappa shape index (κ1) is 10.5. The second-order valence-electron chi connectivity index (χ2n) is 3.00. The molecule has 1 atom stereocenters. The van der Waals surface area contributed by atoms with Gasteiger partial charge in [0.25, 0.3) is 0 Å². The summed E-state index contributed by atoms with van der Waals surface area (Å²) in [5.41, 5.74) is 6.07. The summed E-state index contributed by atoms with van der Waals surface area (Å²) in [5, 5.41) is 14.0. The summed E-state index contributed by atoms with van der Waals surface area (Å²) in [5.74, 6) is 0. The van der Waals surface area contributed by atoms with E-state index in [0.29, 0.717) is 18.0 Å². The summed E-state index contributed by atoms with van der Waals surface area (Å²) in [6, 6.07) is 0. The van der Waals surface area contributed by atoms with Crippen molar-refractivity contribution >= 4 is 11.6 Å². The van der Waals surface area contributed by atoms with E-state index in [2.05, 4.69) is 5.10 Å². The Morgan fingerprint density at radius 1 is 1.77 bits per heavy atom. The highest BCUT2D eigenvalue weighted by Gasteiger charge is 2.04. The van der Waals surface area contributed by atoms with E-state index in [-0.39, 0.29) is 6.54 Å². The van der Waals surface area contributed by atoms with Crippen LogP contribution in [0.2, 0.25) is 5.02 Å². The van der Waals surface area contributed by atoms with E-state index in [9.17, 15) is 5.11 Å². The molecule has 0 aliphatic carbocycles. The number of nitrogens with two attached hydrogens (primary N) is 1. The van der Waals surface area contributed by atoms with E-state index in [1.807, 2.05) is 6.92 Å². The summed E-state index contributed by atoms with van der Waals surface area (Å²) in [6.45, 7) is 2.78. The fourth-order valence-corrected chi connectivity index (χ4v) is 1.16. The molecule has 1 aromatic rings. The molecule has 0 bridgehead atoms. The third-order valence-corrected chi connectivity index (χ3v) is 2.22. The van der Waals surface area contributed by atoms with Crippen LogP contribution in [0.3, 0.4) is 0 Å². The molecule has 13 heavy (non-hydrogen) atoms. The van der Waals surface area contributed by atoms with Gasteiger partial charge in [-0.3, -0.25) is 4.68 Å². The molecule has 0 aliphatic rings. The normalized spacial score (nSPS) is 13.2. The molecule has 4 nitrogen and oxygen atoms in total. The van der Waals surface area contributed by atoms with Gasteiger partial charge in [0, 0.05) is 19.3 Å². The molecule has 0 aromatic carbocycles. The van der Waals surface area contributed by atoms with Gasteiger partial charge < -0.3 is 10.8 Å². The van der Waals surface area contributed by atoms with Crippen LogP contribution in [-0.2, 0) is 6.54 Å². The van der Waals surface area contributed by atoms with Crippen molar-refractivity contribution in [2.75, 3.05) is 6.54 Å². The minimum absolute atomic E-state index is 0.286. The van der Waals surface area contributed by atoms with Crippen LogP contribution in [0.25, 0.3) is 0 Å². The second kappa shape index (κ2) is 4.60. The molecule has 74 valence electrons. The molecule has 0 saturated heterocycles. The van der Waals surface area contributed by atoms with Gasteiger partial charge in [-0.25, -0.2) is 0 Å². The van der Waals surface area contributed by atoms with E-state index in [0.717, 1.165) is 5.69 Å². The molecule has 0 saturated carbocycles. The molecule has 0 spiro atoms. The lowest BCUT2D eigenvalue weighted by Crippen LogP contribution is -2.21. The lowest BCUT2D eigenvalue weighted by molar-refractivity contribution is 0.165. The minimum atomic E-state index is -0.455. The highest BCUT2D eigenvalue weighted by Crippen LogP contribution is 2.12. The molecule has 5 heteroatoms. The summed E-state index contributed by atoms with van der Waals surface area (Å²) < 4.78 is 1.72. The fraction of sp³-hybridized carbons (Fsp3) is 0.625. The number of hydrogen-bond acceptors (Lipinski definition) is 3. The minimum Gasteiger partial charge on any atom is -0.392 e. The van der Waals surface area contributed by atoms with Crippen molar-refractivity contribution in [1.29, 1.82) is 0 Å². The van der Waals surface area contributed by atoms with Crippen molar-refractivity contribution in [1.82, 2.24) is 9.78 Å². The van der Waals surface area contributed by atoms with Gasteiger partial charge in [-0.2, -0.15) is 5.10 Å². The first-order valence-electron chi connectivity index (χ1n) is 4.21. The van der Waals surface area contributed by atoms with E-state index < -0.39 is 6.10 Å². The van der Waals surface area contributed by atoms with Crippen LogP contribution in [-0.4, -0.2) is 27.5 Å². The Morgan fingerprint density at radius 3 is 2.92 bits per heavy atom. The number of hydrogen-bond donors (Lipinski definition) is 2. The molecule has 0 aliphatic heterocycles. The fourth-order valence-electron chi connectivity index (χ4n) is 1.01. The van der Waals surface area contributed by atoms with Gasteiger partial charge in [0.1, 0.15) is 0 Å². The summed E-state index contributed by atoms with van der Waals surface area (Å²) in [4.78, 5) is 0. The molecule has 1 aromatic heterocycles. The van der Waals surface area contributed by atoms with E-state index in [1.54, 1.807) is 10.9 Å². The maximum Gasteiger partial charge on any atom is 0.0814 e. The van der Waals surface area contributed by atoms with Crippen molar-refractivity contribution in [3.8, 4) is 0 Å². The number of rotatable bonds is 4. The number of aromatic nitrogens is 2. The van der Waals surface area contributed by atoms with Gasteiger partial charge >= 0.3 is 0 Å². The van der Waals surface area contributed by atoms with E-state index in [1.165, 1.54) is 0 Å². The molecule has 0 amide bonds. The van der Waals surface area contributed by atoms with Crippen molar-refractivity contribution in [3.05, 3.63) is 16.9 Å². The Bertz CT molecular complexity index is 255. The molecule has 1 heterocycles. The maximum absolute atomic E-state index is 9.20. The maximum atomic E-state index is 9.20. The largest absolute Gasteiger partial charge is 0.392 e. The topological polar surface area (TPSA) is 64.1 Å². The number of nitrogens with zero attached hydrogens (tertiary/aromatic N) is 2. The first-order valence-corrected chi connectivity index (χ1v) is 4.59. The van der Waals surface area contributed by atoms with Crippen molar-refractivity contribution in [2.45, 2.75) is 26.0 Å². The van der Waals surface area contributed by atoms with Crippen molar-refractivity contribution < 1.29 is 5.11 Å². The summed E-state index contributed by atoms with van der Waals surface area (Å²) >= 11 is 5.81. The van der Waals surface area contributed by atoms with Crippen LogP contribution in [0.5, 0.6) is 0 Å². The molecule has 0 radical (unpaired) electrons. The summed E-state index contributed by atoms with van der Waals surface area (Å²) in [7, 11) is 0. The Labute approximate surface area is 82.3 Å². The van der Waals surface area contributed by atoms with Crippen molar-refractivity contribution in [3.63, 3.8) is 0 Å². The lowest BCUT2D eigenvalue weighted by Gasteiger charge is -2.06. The number of halogens is 1. The Morgan fingerprint density at radius 2 is 2.46 bits per heavy atom. The number of aliphatic hydroxyl groups excluding tert-OH is 1. The predicted molar refractivity (Wildman–Crippen MR) is 51.7 cm³/mol. The third-order valence-electron chi connectivity index (χ3n) is 1.85. The average molecular weight is 204 g/mol. The van der Waals surface area contributed by atoms with E-state index in [4.69, 9.17) is 17.3 Å². The van der Waals surface area contributed by atoms with Gasteiger partial charge in [-0.05, 0) is 13.3 Å². The zero-order valence-electron chi connectivity index (χ0n) is 7.57. The van der Waals surface area contributed by atoms with Gasteiger partial charge in [0.15, 0.2) is 0 Å². The molecular weight excluding hydrogens is 190 g/mol. The van der Waals surface area contributed by atoms with Crippen LogP contribution >= 0.6 is 11.6 Å². The average Bonchev–Trinajstić information content (AvgIpc) is 2.42. The number of aliphatic hydroxyl groups is 1. The van der Waals surface area contributed by atoms with Gasteiger partial charge in [-0.15, -0.1) is 0 Å². The van der Waals surface area contributed by atoms with Gasteiger partial charge in [0.2, 0.25) is 0 Å². The Hall–Kier alpha value is -0.580.